The molecule has 0 atom stereocenters. The van der Waals surface area contributed by atoms with Crippen molar-refractivity contribution in [2.45, 2.75) is 38.2 Å². The Kier molecular flexibility index (Phi) is 5.51. The van der Waals surface area contributed by atoms with E-state index in [4.69, 9.17) is 4.74 Å². The second-order valence-corrected chi connectivity index (χ2v) is 7.25. The summed E-state index contributed by atoms with van der Waals surface area (Å²) in [5.41, 5.74) is 0.752. The third-order valence-corrected chi connectivity index (χ3v) is 5.36. The molecule has 0 radical (unpaired) electrons. The van der Waals surface area contributed by atoms with Gasteiger partial charge in [-0.05, 0) is 43.5 Å². The lowest BCUT2D eigenvalue weighted by molar-refractivity contribution is 0.0724. The molecule has 0 unspecified atom stereocenters. The minimum Gasteiger partial charge on any atom is -0.490 e. The average Bonchev–Trinajstić information content (AvgIpc) is 2.76. The Bertz CT molecular complexity index is 737. The van der Waals surface area contributed by atoms with Crippen LogP contribution in [0.3, 0.4) is 0 Å². The normalized spacial score (nSPS) is 18.4. The first-order valence-electron chi connectivity index (χ1n) is 9.86. The van der Waals surface area contributed by atoms with Crippen molar-refractivity contribution in [1.29, 1.82) is 0 Å². The van der Waals surface area contributed by atoms with E-state index in [0.717, 1.165) is 69.0 Å². The van der Waals surface area contributed by atoms with Crippen LogP contribution >= 0.6 is 0 Å². The Hall–Kier alpha value is -2.63. The molecule has 1 aromatic carbocycles. The van der Waals surface area contributed by atoms with Crippen molar-refractivity contribution in [2.24, 2.45) is 0 Å². The first-order valence-corrected chi connectivity index (χ1v) is 9.86. The molecule has 142 valence electrons. The van der Waals surface area contributed by atoms with Crippen LogP contribution in [-0.4, -0.2) is 53.1 Å². The van der Waals surface area contributed by atoms with E-state index in [9.17, 15) is 4.79 Å². The number of ether oxygens (including phenoxy) is 1. The van der Waals surface area contributed by atoms with Crippen LogP contribution < -0.4 is 9.64 Å². The molecule has 2 fully saturated rings. The van der Waals surface area contributed by atoms with Gasteiger partial charge in [0.1, 0.15) is 17.7 Å². The van der Waals surface area contributed by atoms with Gasteiger partial charge in [0.25, 0.3) is 5.91 Å². The lowest BCUT2D eigenvalue weighted by atomic mass is 10.1. The SMILES string of the molecule is O=C(c1ccc(OC2CCN(c3cnccn3)CC2)cc1)N1CCCCC1. The van der Waals surface area contributed by atoms with E-state index in [0.29, 0.717) is 0 Å². The number of nitrogens with zero attached hydrogens (tertiary/aromatic N) is 4. The fraction of sp³-hybridized carbons (Fsp3) is 0.476. The van der Waals surface area contributed by atoms with Crippen LogP contribution in [-0.2, 0) is 0 Å². The van der Waals surface area contributed by atoms with Crippen LogP contribution in [0.4, 0.5) is 5.82 Å². The summed E-state index contributed by atoms with van der Waals surface area (Å²) in [4.78, 5) is 25.2. The first kappa shape index (κ1) is 17.8. The molecule has 0 N–H and O–H groups in total. The summed E-state index contributed by atoms with van der Waals surface area (Å²) in [6, 6.07) is 7.63. The number of benzene rings is 1. The van der Waals surface area contributed by atoms with Crippen molar-refractivity contribution in [3.8, 4) is 5.75 Å². The molecule has 4 rings (SSSR count). The van der Waals surface area contributed by atoms with Gasteiger partial charge in [-0.2, -0.15) is 0 Å². The van der Waals surface area contributed by atoms with Crippen LogP contribution in [0, 0.1) is 0 Å². The maximum absolute atomic E-state index is 12.5. The van der Waals surface area contributed by atoms with Crippen LogP contribution in [0.1, 0.15) is 42.5 Å². The maximum atomic E-state index is 12.5. The number of carbonyl (C=O) groups excluding carboxylic acids is 1. The summed E-state index contributed by atoms with van der Waals surface area (Å²) in [5, 5.41) is 0. The number of carbonyl (C=O) groups is 1. The molecule has 6 heteroatoms. The van der Waals surface area contributed by atoms with Gasteiger partial charge in [-0.15, -0.1) is 0 Å². The fourth-order valence-corrected chi connectivity index (χ4v) is 3.81. The molecule has 6 nitrogen and oxygen atoms in total. The lowest BCUT2D eigenvalue weighted by Gasteiger charge is -2.32. The van der Waals surface area contributed by atoms with Gasteiger partial charge in [0.2, 0.25) is 0 Å². The summed E-state index contributed by atoms with van der Waals surface area (Å²) >= 11 is 0. The van der Waals surface area contributed by atoms with Gasteiger partial charge in [0.05, 0.1) is 6.20 Å². The number of aromatic nitrogens is 2. The molecule has 2 saturated heterocycles. The molecular formula is C21H26N4O2. The second-order valence-electron chi connectivity index (χ2n) is 7.25. The highest BCUT2D eigenvalue weighted by Gasteiger charge is 2.22. The zero-order valence-corrected chi connectivity index (χ0v) is 15.6. The molecule has 0 saturated carbocycles. The van der Waals surface area contributed by atoms with Crippen molar-refractivity contribution in [2.75, 3.05) is 31.1 Å². The maximum Gasteiger partial charge on any atom is 0.253 e. The quantitative estimate of drug-likeness (QED) is 0.832. The first-order chi connectivity index (χ1) is 13.3. The number of anilines is 1. The van der Waals surface area contributed by atoms with Crippen LogP contribution in [0.5, 0.6) is 5.75 Å². The van der Waals surface area contributed by atoms with E-state index in [1.54, 1.807) is 18.6 Å². The van der Waals surface area contributed by atoms with E-state index < -0.39 is 0 Å². The Morgan fingerprint density at radius 2 is 1.70 bits per heavy atom. The molecule has 2 aliphatic rings. The number of likely N-dealkylation sites (tertiary alicyclic amines) is 1. The topological polar surface area (TPSA) is 58.6 Å². The number of hydrogen-bond donors (Lipinski definition) is 0. The van der Waals surface area contributed by atoms with Crippen molar-refractivity contribution < 1.29 is 9.53 Å². The Morgan fingerprint density at radius 1 is 0.963 bits per heavy atom. The van der Waals surface area contributed by atoms with Gasteiger partial charge < -0.3 is 14.5 Å². The zero-order valence-electron chi connectivity index (χ0n) is 15.6. The predicted molar refractivity (Wildman–Crippen MR) is 104 cm³/mol. The smallest absolute Gasteiger partial charge is 0.253 e. The minimum atomic E-state index is 0.138. The summed E-state index contributed by atoms with van der Waals surface area (Å²) < 4.78 is 6.13. The molecular weight excluding hydrogens is 340 g/mol. The molecule has 2 aromatic rings. The van der Waals surface area contributed by atoms with Crippen LogP contribution in [0.15, 0.2) is 42.9 Å². The van der Waals surface area contributed by atoms with Gasteiger partial charge in [-0.25, -0.2) is 4.98 Å². The van der Waals surface area contributed by atoms with Crippen LogP contribution in [0.25, 0.3) is 0 Å². The Morgan fingerprint density at radius 3 is 2.37 bits per heavy atom. The largest absolute Gasteiger partial charge is 0.490 e. The number of piperidine rings is 2. The van der Waals surface area contributed by atoms with Gasteiger partial charge in [0.15, 0.2) is 0 Å². The van der Waals surface area contributed by atoms with Crippen molar-refractivity contribution >= 4 is 11.7 Å². The minimum absolute atomic E-state index is 0.138. The number of hydrogen-bond acceptors (Lipinski definition) is 5. The standard InChI is InChI=1S/C21H26N4O2/c26-21(25-12-2-1-3-13-25)17-4-6-18(7-5-17)27-19-8-14-24(15-9-19)20-16-22-10-11-23-20/h4-7,10-11,16,19H,1-3,8-9,12-15H2. The predicted octanol–water partition coefficient (Wildman–Crippen LogP) is 3.15. The van der Waals surface area contributed by atoms with Crippen molar-refractivity contribution in [1.82, 2.24) is 14.9 Å². The fourth-order valence-electron chi connectivity index (χ4n) is 3.81. The summed E-state index contributed by atoms with van der Waals surface area (Å²) in [6.45, 7) is 3.58. The van der Waals surface area contributed by atoms with Gasteiger partial charge in [-0.1, -0.05) is 0 Å². The molecule has 1 amide bonds. The van der Waals surface area contributed by atoms with E-state index in [2.05, 4.69) is 14.9 Å². The lowest BCUT2D eigenvalue weighted by Crippen LogP contribution is -2.38. The molecule has 27 heavy (non-hydrogen) atoms. The molecule has 0 bridgehead atoms. The highest BCUT2D eigenvalue weighted by molar-refractivity contribution is 5.94. The van der Waals surface area contributed by atoms with E-state index in [1.165, 1.54) is 6.42 Å². The Balaban J connectivity index is 1.29. The van der Waals surface area contributed by atoms with Gasteiger partial charge in [-0.3, -0.25) is 9.78 Å². The third kappa shape index (κ3) is 4.38. The molecule has 0 aliphatic carbocycles. The van der Waals surface area contributed by atoms with Crippen molar-refractivity contribution in [3.63, 3.8) is 0 Å². The van der Waals surface area contributed by atoms with E-state index in [1.807, 2.05) is 29.2 Å². The molecule has 2 aliphatic heterocycles. The zero-order chi connectivity index (χ0) is 18.5. The summed E-state index contributed by atoms with van der Waals surface area (Å²) in [7, 11) is 0. The highest BCUT2D eigenvalue weighted by Crippen LogP contribution is 2.22. The van der Waals surface area contributed by atoms with Crippen molar-refractivity contribution in [3.05, 3.63) is 48.4 Å². The second kappa shape index (κ2) is 8.37. The average molecular weight is 366 g/mol. The molecule has 3 heterocycles. The molecule has 1 aromatic heterocycles. The van der Waals surface area contributed by atoms with E-state index in [-0.39, 0.29) is 12.0 Å². The van der Waals surface area contributed by atoms with E-state index >= 15 is 0 Å². The summed E-state index contributed by atoms with van der Waals surface area (Å²) in [5.74, 6) is 1.90. The Labute approximate surface area is 160 Å². The van der Waals surface area contributed by atoms with Gasteiger partial charge in [0, 0.05) is 57.0 Å². The van der Waals surface area contributed by atoms with Gasteiger partial charge >= 0.3 is 0 Å². The number of amides is 1. The van der Waals surface area contributed by atoms with Crippen LogP contribution in [0.2, 0.25) is 0 Å². The summed E-state index contributed by atoms with van der Waals surface area (Å²) in [6.07, 6.45) is 10.8. The molecule has 0 spiro atoms. The monoisotopic (exact) mass is 366 g/mol. The highest BCUT2D eigenvalue weighted by atomic mass is 16.5. The number of rotatable bonds is 4. The third-order valence-electron chi connectivity index (χ3n) is 5.36.